The zero-order valence-electron chi connectivity index (χ0n) is 17.4. The quantitative estimate of drug-likeness (QED) is 0.218. The Labute approximate surface area is 196 Å². The molecule has 1 unspecified atom stereocenters. The normalized spacial score (nSPS) is 11.4. The van der Waals surface area contributed by atoms with Crippen molar-refractivity contribution in [1.82, 2.24) is 0 Å². The molecular formula is C23H15ClF2N2O6. The minimum absolute atomic E-state index is 0.0998. The third kappa shape index (κ3) is 5.24. The molecule has 1 N–H and O–H groups in total. The number of esters is 1. The second kappa shape index (κ2) is 10.2. The zero-order valence-corrected chi connectivity index (χ0v) is 18.1. The molecule has 0 aromatic heterocycles. The number of rotatable bonds is 7. The summed E-state index contributed by atoms with van der Waals surface area (Å²) < 4.78 is 32.6. The summed E-state index contributed by atoms with van der Waals surface area (Å²) >= 11 is 5.78. The van der Waals surface area contributed by atoms with Crippen LogP contribution in [0.25, 0.3) is 0 Å². The van der Waals surface area contributed by atoms with Crippen LogP contribution in [0.4, 0.5) is 20.2 Å². The molecule has 1 amide bonds. The lowest BCUT2D eigenvalue weighted by molar-refractivity contribution is -0.384. The Hall–Kier alpha value is -4.18. The van der Waals surface area contributed by atoms with Gasteiger partial charge in [0, 0.05) is 17.2 Å². The first-order valence-electron chi connectivity index (χ1n) is 9.63. The largest absolute Gasteiger partial charge is 0.449 e. The minimum Gasteiger partial charge on any atom is -0.449 e. The number of amides is 1. The predicted octanol–water partition coefficient (Wildman–Crippen LogP) is 4.94. The van der Waals surface area contributed by atoms with Crippen LogP contribution in [-0.4, -0.2) is 28.7 Å². The predicted molar refractivity (Wildman–Crippen MR) is 118 cm³/mol. The Morgan fingerprint density at radius 1 is 1.00 bits per heavy atom. The second-order valence-electron chi connectivity index (χ2n) is 6.93. The smallest absolute Gasteiger partial charge is 0.339 e. The fraction of sp³-hybridized carbons (Fsp3) is 0.0870. The highest BCUT2D eigenvalue weighted by atomic mass is 35.5. The molecular weight excluding hydrogens is 474 g/mol. The average Bonchev–Trinajstić information content (AvgIpc) is 2.81. The fourth-order valence-corrected chi connectivity index (χ4v) is 3.11. The van der Waals surface area contributed by atoms with Crippen molar-refractivity contribution in [2.24, 2.45) is 0 Å². The number of nitrogens with zero attached hydrogens (tertiary/aromatic N) is 1. The van der Waals surface area contributed by atoms with Gasteiger partial charge in [-0.15, -0.1) is 0 Å². The first kappa shape index (κ1) is 24.5. The van der Waals surface area contributed by atoms with Crippen LogP contribution in [-0.2, 0) is 9.53 Å². The summed E-state index contributed by atoms with van der Waals surface area (Å²) in [4.78, 5) is 48.3. The molecule has 3 aromatic rings. The number of nitrogens with one attached hydrogen (secondary N) is 1. The maximum Gasteiger partial charge on any atom is 0.339 e. The Morgan fingerprint density at radius 2 is 1.62 bits per heavy atom. The number of nitro groups is 1. The number of carbonyl (C=O) groups is 3. The molecule has 1 atom stereocenters. The molecule has 11 heteroatoms. The minimum atomic E-state index is -1.48. The van der Waals surface area contributed by atoms with E-state index in [0.717, 1.165) is 24.3 Å². The van der Waals surface area contributed by atoms with E-state index in [9.17, 15) is 33.3 Å². The number of hydrogen-bond acceptors (Lipinski definition) is 6. The molecule has 174 valence electrons. The Kier molecular flexibility index (Phi) is 7.32. The van der Waals surface area contributed by atoms with E-state index in [1.54, 1.807) is 0 Å². The van der Waals surface area contributed by atoms with Crippen molar-refractivity contribution < 1.29 is 32.8 Å². The van der Waals surface area contributed by atoms with Crippen molar-refractivity contribution in [3.63, 3.8) is 0 Å². The summed E-state index contributed by atoms with van der Waals surface area (Å²) in [6.45, 7) is 1.18. The Balaban J connectivity index is 1.82. The van der Waals surface area contributed by atoms with Crippen molar-refractivity contribution in [3.8, 4) is 0 Å². The van der Waals surface area contributed by atoms with Crippen LogP contribution in [0.15, 0.2) is 60.7 Å². The van der Waals surface area contributed by atoms with Gasteiger partial charge in [0.25, 0.3) is 11.6 Å². The lowest BCUT2D eigenvalue weighted by Crippen LogP contribution is -2.31. The molecule has 0 fully saturated rings. The third-order valence-electron chi connectivity index (χ3n) is 4.66. The van der Waals surface area contributed by atoms with Crippen molar-refractivity contribution in [2.45, 2.75) is 13.0 Å². The van der Waals surface area contributed by atoms with Gasteiger partial charge < -0.3 is 10.1 Å². The van der Waals surface area contributed by atoms with Gasteiger partial charge >= 0.3 is 5.97 Å². The first-order valence-corrected chi connectivity index (χ1v) is 10.0. The molecule has 0 saturated heterocycles. The van der Waals surface area contributed by atoms with E-state index in [0.29, 0.717) is 0 Å². The van der Waals surface area contributed by atoms with Gasteiger partial charge in [0.1, 0.15) is 22.3 Å². The van der Waals surface area contributed by atoms with Gasteiger partial charge in [-0.3, -0.25) is 19.7 Å². The molecule has 0 heterocycles. The van der Waals surface area contributed by atoms with Gasteiger partial charge in [0.05, 0.1) is 10.5 Å². The van der Waals surface area contributed by atoms with Crippen LogP contribution in [0.3, 0.4) is 0 Å². The molecule has 0 radical (unpaired) electrons. The lowest BCUT2D eigenvalue weighted by Gasteiger charge is -2.15. The highest BCUT2D eigenvalue weighted by Gasteiger charge is 2.26. The Morgan fingerprint density at radius 3 is 2.24 bits per heavy atom. The second-order valence-corrected chi connectivity index (χ2v) is 7.34. The molecule has 3 rings (SSSR count). The van der Waals surface area contributed by atoms with Crippen molar-refractivity contribution in [3.05, 3.63) is 104 Å². The average molecular weight is 489 g/mol. The van der Waals surface area contributed by atoms with Gasteiger partial charge in [-0.25, -0.2) is 13.6 Å². The molecule has 8 nitrogen and oxygen atoms in total. The van der Waals surface area contributed by atoms with Crippen molar-refractivity contribution >= 4 is 40.6 Å². The Bertz CT molecular complexity index is 1290. The van der Waals surface area contributed by atoms with E-state index in [1.807, 2.05) is 5.32 Å². The summed E-state index contributed by atoms with van der Waals surface area (Å²) in [6, 6.07) is 11.9. The zero-order chi connectivity index (χ0) is 25.0. The number of ether oxygens (including phenoxy) is 1. The van der Waals surface area contributed by atoms with E-state index in [4.69, 9.17) is 16.3 Å². The standard InChI is InChI=1S/C23H15ClF2N2O6/c1-12(22(30)27-20-17(25)7-4-8-18(20)26)34-23(31)15-6-3-2-5-14(15)21(29)13-9-10-16(24)19(11-13)28(32)33/h2-12H,1H3,(H,27,30). The number of ketones is 1. The molecule has 0 aliphatic heterocycles. The fourth-order valence-electron chi connectivity index (χ4n) is 2.93. The molecule has 0 aliphatic carbocycles. The van der Waals surface area contributed by atoms with Crippen LogP contribution in [0.1, 0.15) is 33.2 Å². The highest BCUT2D eigenvalue weighted by molar-refractivity contribution is 6.33. The summed E-state index contributed by atoms with van der Waals surface area (Å²) in [5.41, 5.74) is -1.65. The number of halogens is 3. The summed E-state index contributed by atoms with van der Waals surface area (Å²) in [5, 5.41) is 13.0. The number of benzene rings is 3. The van der Waals surface area contributed by atoms with E-state index in [-0.39, 0.29) is 21.7 Å². The van der Waals surface area contributed by atoms with Gasteiger partial charge in [-0.1, -0.05) is 35.9 Å². The van der Waals surface area contributed by atoms with Crippen LogP contribution in [0, 0.1) is 21.7 Å². The van der Waals surface area contributed by atoms with Gasteiger partial charge in [0.15, 0.2) is 11.9 Å². The van der Waals surface area contributed by atoms with Crippen LogP contribution in [0.2, 0.25) is 5.02 Å². The van der Waals surface area contributed by atoms with Crippen molar-refractivity contribution in [1.29, 1.82) is 0 Å². The number of carbonyl (C=O) groups excluding carboxylic acids is 3. The van der Waals surface area contributed by atoms with Crippen LogP contribution in [0.5, 0.6) is 0 Å². The van der Waals surface area contributed by atoms with E-state index >= 15 is 0 Å². The molecule has 0 spiro atoms. The molecule has 0 saturated carbocycles. The molecule has 3 aromatic carbocycles. The number of nitro benzene ring substituents is 1. The van der Waals surface area contributed by atoms with Gasteiger partial charge in [-0.05, 0) is 37.3 Å². The van der Waals surface area contributed by atoms with E-state index < -0.39 is 51.7 Å². The van der Waals surface area contributed by atoms with Crippen LogP contribution >= 0.6 is 11.6 Å². The molecule has 0 bridgehead atoms. The topological polar surface area (TPSA) is 116 Å². The number of anilines is 1. The van der Waals surface area contributed by atoms with Crippen molar-refractivity contribution in [2.75, 3.05) is 5.32 Å². The summed E-state index contributed by atoms with van der Waals surface area (Å²) in [5.74, 6) is -4.82. The molecule has 0 aliphatic rings. The number of hydrogen-bond donors (Lipinski definition) is 1. The maximum absolute atomic E-state index is 13.8. The SMILES string of the molecule is CC(OC(=O)c1ccccc1C(=O)c1ccc(Cl)c([N+](=O)[O-])c1)C(=O)Nc1c(F)cccc1F. The third-order valence-corrected chi connectivity index (χ3v) is 4.98. The van der Waals surface area contributed by atoms with E-state index in [1.165, 1.54) is 43.3 Å². The van der Waals surface area contributed by atoms with Gasteiger partial charge in [0.2, 0.25) is 0 Å². The summed E-state index contributed by atoms with van der Waals surface area (Å²) in [6.07, 6.45) is -1.48. The van der Waals surface area contributed by atoms with E-state index in [2.05, 4.69) is 0 Å². The highest BCUT2D eigenvalue weighted by Crippen LogP contribution is 2.27. The monoisotopic (exact) mass is 488 g/mol. The first-order chi connectivity index (χ1) is 16.1. The maximum atomic E-state index is 13.8. The van der Waals surface area contributed by atoms with Gasteiger partial charge in [-0.2, -0.15) is 0 Å². The number of para-hydroxylation sites is 1. The molecule has 34 heavy (non-hydrogen) atoms. The summed E-state index contributed by atoms with van der Waals surface area (Å²) in [7, 11) is 0. The van der Waals surface area contributed by atoms with Crippen LogP contribution < -0.4 is 5.32 Å². The lowest BCUT2D eigenvalue weighted by atomic mass is 9.98.